The van der Waals surface area contributed by atoms with Gasteiger partial charge in [-0.2, -0.15) is 13.2 Å². The van der Waals surface area contributed by atoms with Crippen LogP contribution in [0.5, 0.6) is 0 Å². The van der Waals surface area contributed by atoms with Gasteiger partial charge in [0.15, 0.2) is 0 Å². The fourth-order valence-corrected chi connectivity index (χ4v) is 1.78. The number of ether oxygens (including phenoxy) is 1. The van der Waals surface area contributed by atoms with Gasteiger partial charge in [-0.05, 0) is 32.6 Å². The van der Waals surface area contributed by atoms with Crippen molar-refractivity contribution in [1.29, 1.82) is 0 Å². The Kier molecular flexibility index (Phi) is 8.50. The molecule has 18 heavy (non-hydrogen) atoms. The predicted octanol–water partition coefficient (Wildman–Crippen LogP) is 4.25. The zero-order valence-corrected chi connectivity index (χ0v) is 10.7. The monoisotopic (exact) mass is 266 g/mol. The van der Waals surface area contributed by atoms with E-state index in [9.17, 15) is 18.0 Å². The molecule has 0 aromatic carbocycles. The van der Waals surface area contributed by atoms with Crippen molar-refractivity contribution in [3.05, 3.63) is 12.7 Å². The van der Waals surface area contributed by atoms with Crippen LogP contribution in [0.2, 0.25) is 0 Å². The van der Waals surface area contributed by atoms with Crippen molar-refractivity contribution in [3.8, 4) is 0 Å². The summed E-state index contributed by atoms with van der Waals surface area (Å²) in [6, 6.07) is 0. The lowest BCUT2D eigenvalue weighted by Gasteiger charge is -2.18. The zero-order valence-electron chi connectivity index (χ0n) is 10.7. The van der Waals surface area contributed by atoms with Crippen molar-refractivity contribution in [1.82, 2.24) is 0 Å². The highest BCUT2D eigenvalue weighted by Crippen LogP contribution is 2.33. The maximum Gasteiger partial charge on any atom is 0.392 e. The molecule has 2 atom stereocenters. The molecule has 1 unspecified atom stereocenters. The Labute approximate surface area is 106 Å². The number of carbonyl (C=O) groups is 1. The van der Waals surface area contributed by atoms with Crippen molar-refractivity contribution in [2.75, 3.05) is 0 Å². The van der Waals surface area contributed by atoms with Crippen LogP contribution in [-0.4, -0.2) is 18.8 Å². The van der Waals surface area contributed by atoms with E-state index in [4.69, 9.17) is 0 Å². The number of carbonyl (C=O) groups excluding carboxylic acids is 1. The van der Waals surface area contributed by atoms with Gasteiger partial charge < -0.3 is 4.74 Å². The van der Waals surface area contributed by atoms with E-state index in [0.717, 1.165) is 12.8 Å². The van der Waals surface area contributed by atoms with Crippen LogP contribution in [0.1, 0.15) is 45.4 Å². The van der Waals surface area contributed by atoms with Crippen LogP contribution in [0.15, 0.2) is 12.7 Å². The third-order valence-corrected chi connectivity index (χ3v) is 2.87. The summed E-state index contributed by atoms with van der Waals surface area (Å²) in [6.07, 6.45) is -0.145. The molecular weight excluding hydrogens is 245 g/mol. The fourth-order valence-electron chi connectivity index (χ4n) is 1.78. The topological polar surface area (TPSA) is 26.3 Å². The Morgan fingerprint density at radius 2 is 1.83 bits per heavy atom. The maximum atomic E-state index is 12.5. The number of rotatable bonds is 10. The lowest BCUT2D eigenvalue weighted by Crippen LogP contribution is -2.22. The largest absolute Gasteiger partial charge is 0.465 e. The summed E-state index contributed by atoms with van der Waals surface area (Å²) >= 11 is 0. The highest BCUT2D eigenvalue weighted by Gasteiger charge is 2.37. The van der Waals surface area contributed by atoms with Crippen molar-refractivity contribution < 1.29 is 22.7 Å². The van der Waals surface area contributed by atoms with Crippen LogP contribution in [0.3, 0.4) is 0 Å². The van der Waals surface area contributed by atoms with Gasteiger partial charge in [-0.15, -0.1) is 6.58 Å². The lowest BCUT2D eigenvalue weighted by molar-refractivity contribution is -0.175. The SMILES string of the molecule is C=CCC(CCCCC[C@@H](C)OC=O)C(F)(F)F. The second-order valence-corrected chi connectivity index (χ2v) is 4.44. The zero-order chi connectivity index (χ0) is 14.0. The average Bonchev–Trinajstić information content (AvgIpc) is 2.26. The number of hydrogen-bond acceptors (Lipinski definition) is 2. The molecule has 0 saturated heterocycles. The summed E-state index contributed by atoms with van der Waals surface area (Å²) in [6.45, 7) is 5.52. The minimum Gasteiger partial charge on any atom is -0.465 e. The van der Waals surface area contributed by atoms with E-state index < -0.39 is 12.1 Å². The summed E-state index contributed by atoms with van der Waals surface area (Å²) < 4.78 is 42.3. The molecule has 0 aliphatic carbocycles. The molecule has 0 amide bonds. The van der Waals surface area contributed by atoms with Gasteiger partial charge in [0, 0.05) is 0 Å². The number of allylic oxidation sites excluding steroid dienone is 1. The fraction of sp³-hybridized carbons (Fsp3) is 0.769. The molecule has 0 aliphatic rings. The average molecular weight is 266 g/mol. The van der Waals surface area contributed by atoms with Crippen LogP contribution in [-0.2, 0) is 9.53 Å². The molecular formula is C13H21F3O2. The molecule has 0 rings (SSSR count). The smallest absolute Gasteiger partial charge is 0.392 e. The number of unbranched alkanes of at least 4 members (excludes halogenated alkanes) is 2. The second-order valence-electron chi connectivity index (χ2n) is 4.44. The molecule has 2 nitrogen and oxygen atoms in total. The summed E-state index contributed by atoms with van der Waals surface area (Å²) in [5.74, 6) is -1.28. The summed E-state index contributed by atoms with van der Waals surface area (Å²) in [5, 5.41) is 0. The maximum absolute atomic E-state index is 12.5. The first kappa shape index (κ1) is 17.0. The Morgan fingerprint density at radius 3 is 2.33 bits per heavy atom. The number of halogens is 3. The molecule has 0 saturated carbocycles. The van der Waals surface area contributed by atoms with Crippen LogP contribution in [0.4, 0.5) is 13.2 Å². The van der Waals surface area contributed by atoms with Gasteiger partial charge in [0.1, 0.15) is 0 Å². The molecule has 0 aliphatic heterocycles. The summed E-state index contributed by atoms with van der Waals surface area (Å²) in [5.41, 5.74) is 0. The Morgan fingerprint density at radius 1 is 1.22 bits per heavy atom. The van der Waals surface area contributed by atoms with Gasteiger partial charge >= 0.3 is 6.18 Å². The van der Waals surface area contributed by atoms with Crippen LogP contribution >= 0.6 is 0 Å². The first-order valence-electron chi connectivity index (χ1n) is 6.18. The molecule has 0 aromatic heterocycles. The predicted molar refractivity (Wildman–Crippen MR) is 64.1 cm³/mol. The number of hydrogen-bond donors (Lipinski definition) is 0. The molecule has 0 aromatic rings. The lowest BCUT2D eigenvalue weighted by atomic mass is 9.96. The van der Waals surface area contributed by atoms with Crippen molar-refractivity contribution >= 4 is 6.47 Å². The van der Waals surface area contributed by atoms with Crippen LogP contribution in [0.25, 0.3) is 0 Å². The first-order valence-corrected chi connectivity index (χ1v) is 6.18. The quantitative estimate of drug-likeness (QED) is 0.335. The van der Waals surface area contributed by atoms with Crippen LogP contribution < -0.4 is 0 Å². The van der Waals surface area contributed by atoms with Gasteiger partial charge in [0.2, 0.25) is 0 Å². The van der Waals surface area contributed by atoms with Gasteiger partial charge in [-0.25, -0.2) is 0 Å². The van der Waals surface area contributed by atoms with E-state index in [1.165, 1.54) is 6.08 Å². The van der Waals surface area contributed by atoms with Crippen LogP contribution in [0, 0.1) is 5.92 Å². The van der Waals surface area contributed by atoms with Gasteiger partial charge in [0.25, 0.3) is 6.47 Å². The third kappa shape index (κ3) is 8.14. The highest BCUT2D eigenvalue weighted by molar-refractivity contribution is 5.37. The van der Waals surface area contributed by atoms with Gasteiger partial charge in [-0.3, -0.25) is 4.79 Å². The molecule has 0 heterocycles. The van der Waals surface area contributed by atoms with E-state index in [2.05, 4.69) is 11.3 Å². The molecule has 0 bridgehead atoms. The minimum atomic E-state index is -4.14. The minimum absolute atomic E-state index is 0.0197. The molecule has 0 fully saturated rings. The van der Waals surface area contributed by atoms with E-state index in [1.54, 1.807) is 6.92 Å². The standard InChI is InChI=1S/C13H21F3O2/c1-3-7-12(13(14,15)16)9-6-4-5-8-11(2)18-10-17/h3,10-12H,1,4-9H2,2H3/t11-,12?/m1/s1. The molecule has 106 valence electrons. The van der Waals surface area contributed by atoms with Gasteiger partial charge in [0.05, 0.1) is 12.0 Å². The highest BCUT2D eigenvalue weighted by atomic mass is 19.4. The second kappa shape index (κ2) is 9.00. The summed E-state index contributed by atoms with van der Waals surface area (Å²) in [4.78, 5) is 10.0. The Bertz CT molecular complexity index is 239. The van der Waals surface area contributed by atoms with E-state index in [0.29, 0.717) is 19.3 Å². The van der Waals surface area contributed by atoms with Crippen molar-refractivity contribution in [2.45, 2.75) is 57.7 Å². The Balaban J connectivity index is 3.74. The first-order chi connectivity index (χ1) is 8.41. The van der Waals surface area contributed by atoms with Gasteiger partial charge in [-0.1, -0.05) is 18.9 Å². The summed E-state index contributed by atoms with van der Waals surface area (Å²) in [7, 11) is 0. The van der Waals surface area contributed by atoms with Crippen molar-refractivity contribution in [2.24, 2.45) is 5.92 Å². The molecule has 0 radical (unpaired) electrons. The molecule has 0 spiro atoms. The van der Waals surface area contributed by atoms with Crippen molar-refractivity contribution in [3.63, 3.8) is 0 Å². The normalized spacial score (nSPS) is 14.9. The number of alkyl halides is 3. The molecule has 0 N–H and O–H groups in total. The molecule has 5 heteroatoms. The van der Waals surface area contributed by atoms with E-state index >= 15 is 0 Å². The Hall–Kier alpha value is -1.00. The van der Waals surface area contributed by atoms with E-state index in [1.807, 2.05) is 0 Å². The third-order valence-electron chi connectivity index (χ3n) is 2.87. The van der Waals surface area contributed by atoms with E-state index in [-0.39, 0.29) is 18.9 Å².